The van der Waals surface area contributed by atoms with Crippen molar-refractivity contribution in [2.45, 2.75) is 4.90 Å². The third-order valence-corrected chi connectivity index (χ3v) is 4.97. The quantitative estimate of drug-likeness (QED) is 0.428. The summed E-state index contributed by atoms with van der Waals surface area (Å²) in [6, 6.07) is 9.40. The zero-order valence-corrected chi connectivity index (χ0v) is 15.4. The average molecular weight is 409 g/mol. The van der Waals surface area contributed by atoms with Crippen LogP contribution in [-0.2, 0) is 10.1 Å². The number of azo groups is 1. The second kappa shape index (κ2) is 7.03. The van der Waals surface area contributed by atoms with Gasteiger partial charge in [-0.15, -0.1) is 10.2 Å². The molecule has 0 saturated carbocycles. The predicted molar refractivity (Wildman–Crippen MR) is 99.3 cm³/mol. The lowest BCUT2D eigenvalue weighted by molar-refractivity contribution is 0.413. The van der Waals surface area contributed by atoms with Gasteiger partial charge in [-0.05, 0) is 12.1 Å². The Morgan fingerprint density at radius 2 is 1.70 bits per heavy atom. The first-order chi connectivity index (χ1) is 12.7. The Morgan fingerprint density at radius 1 is 1.00 bits per heavy atom. The summed E-state index contributed by atoms with van der Waals surface area (Å²) < 4.78 is 37.3. The molecule has 3 N–H and O–H groups in total. The Balaban J connectivity index is 2.09. The molecule has 0 aliphatic heterocycles. The molecule has 0 amide bonds. The first-order valence-corrected chi connectivity index (χ1v) is 9.24. The van der Waals surface area contributed by atoms with Crippen LogP contribution in [0.15, 0.2) is 57.6 Å². The monoisotopic (exact) mass is 408 g/mol. The van der Waals surface area contributed by atoms with Crippen LogP contribution in [0.25, 0.3) is 10.8 Å². The molecule has 0 aromatic heterocycles. The fraction of sp³-hybridized carbons (Fsp3) is 0.0588. The molecular weight excluding hydrogens is 396 g/mol. The summed E-state index contributed by atoms with van der Waals surface area (Å²) in [6.45, 7) is 0. The standard InChI is InChI=1S/C17H13ClN2O6S/c1-26-15-8-13(14(21)7-11(15)18)20-19-12-6-5-9-10(17(12)22)3-2-4-16(9)27(23,24)25/h2-8,21-22H,1H3,(H,23,24,25). The van der Waals surface area contributed by atoms with Crippen LogP contribution in [0.2, 0.25) is 5.02 Å². The summed E-state index contributed by atoms with van der Waals surface area (Å²) in [5.41, 5.74) is 0.0886. The van der Waals surface area contributed by atoms with E-state index in [0.717, 1.165) is 0 Å². The van der Waals surface area contributed by atoms with E-state index in [9.17, 15) is 23.2 Å². The van der Waals surface area contributed by atoms with Crippen molar-refractivity contribution in [2.24, 2.45) is 10.2 Å². The second-order valence-corrected chi connectivity index (χ2v) is 7.23. The molecule has 0 unspecified atom stereocenters. The van der Waals surface area contributed by atoms with E-state index in [-0.39, 0.29) is 49.3 Å². The minimum atomic E-state index is -4.46. The summed E-state index contributed by atoms with van der Waals surface area (Å²) in [4.78, 5) is -0.334. The van der Waals surface area contributed by atoms with E-state index in [1.807, 2.05) is 0 Å². The van der Waals surface area contributed by atoms with E-state index in [0.29, 0.717) is 0 Å². The summed E-state index contributed by atoms with van der Waals surface area (Å²) in [5.74, 6) is -0.287. The molecule has 0 atom stereocenters. The van der Waals surface area contributed by atoms with Crippen LogP contribution >= 0.6 is 11.6 Å². The van der Waals surface area contributed by atoms with Crippen LogP contribution in [0.3, 0.4) is 0 Å². The molecular formula is C17H13ClN2O6S. The van der Waals surface area contributed by atoms with Gasteiger partial charge in [-0.2, -0.15) is 8.42 Å². The number of methoxy groups -OCH3 is 1. The van der Waals surface area contributed by atoms with E-state index in [1.54, 1.807) is 0 Å². The number of benzene rings is 3. The maximum atomic E-state index is 11.5. The Bertz CT molecular complexity index is 1180. The van der Waals surface area contributed by atoms with Gasteiger partial charge >= 0.3 is 0 Å². The van der Waals surface area contributed by atoms with Crippen molar-refractivity contribution in [3.8, 4) is 17.2 Å². The summed E-state index contributed by atoms with van der Waals surface area (Å²) in [5, 5.41) is 28.6. The molecule has 3 aromatic carbocycles. The zero-order chi connectivity index (χ0) is 19.8. The van der Waals surface area contributed by atoms with Crippen molar-refractivity contribution < 1.29 is 27.9 Å². The summed E-state index contributed by atoms with van der Waals surface area (Å²) in [6.07, 6.45) is 0. The van der Waals surface area contributed by atoms with Crippen LogP contribution in [0.1, 0.15) is 0 Å². The molecule has 27 heavy (non-hydrogen) atoms. The van der Waals surface area contributed by atoms with Crippen LogP contribution in [-0.4, -0.2) is 30.3 Å². The molecule has 3 aromatic rings. The number of nitrogens with zero attached hydrogens (tertiary/aromatic N) is 2. The highest BCUT2D eigenvalue weighted by molar-refractivity contribution is 7.86. The summed E-state index contributed by atoms with van der Waals surface area (Å²) >= 11 is 5.89. The number of aromatic hydroxyl groups is 2. The molecule has 0 bridgehead atoms. The smallest absolute Gasteiger partial charge is 0.295 e. The number of rotatable bonds is 4. The molecule has 0 aliphatic rings. The molecule has 0 fully saturated rings. The van der Waals surface area contributed by atoms with Crippen LogP contribution < -0.4 is 4.74 Å². The Labute approximate surface area is 159 Å². The Hall–Kier alpha value is -2.88. The van der Waals surface area contributed by atoms with Crippen molar-refractivity contribution in [3.05, 3.63) is 47.5 Å². The van der Waals surface area contributed by atoms with Crippen molar-refractivity contribution in [1.82, 2.24) is 0 Å². The van der Waals surface area contributed by atoms with E-state index in [1.165, 1.54) is 49.6 Å². The van der Waals surface area contributed by atoms with Crippen molar-refractivity contribution in [2.75, 3.05) is 7.11 Å². The molecule has 0 heterocycles. The average Bonchev–Trinajstić information content (AvgIpc) is 2.61. The first-order valence-electron chi connectivity index (χ1n) is 7.43. The highest BCUT2D eigenvalue weighted by Crippen LogP contribution is 2.40. The number of halogens is 1. The van der Waals surface area contributed by atoms with Gasteiger partial charge in [0.1, 0.15) is 27.8 Å². The molecule has 0 radical (unpaired) electrons. The zero-order valence-electron chi connectivity index (χ0n) is 13.8. The molecule has 0 aliphatic carbocycles. The molecule has 8 nitrogen and oxygen atoms in total. The van der Waals surface area contributed by atoms with Gasteiger partial charge < -0.3 is 14.9 Å². The minimum Gasteiger partial charge on any atom is -0.506 e. The van der Waals surface area contributed by atoms with E-state index < -0.39 is 10.1 Å². The van der Waals surface area contributed by atoms with Crippen molar-refractivity contribution >= 4 is 43.9 Å². The van der Waals surface area contributed by atoms with Crippen LogP contribution in [0.5, 0.6) is 17.2 Å². The third-order valence-electron chi connectivity index (χ3n) is 3.76. The van der Waals surface area contributed by atoms with Gasteiger partial charge in [-0.1, -0.05) is 29.8 Å². The molecule has 0 saturated heterocycles. The second-order valence-electron chi connectivity index (χ2n) is 5.44. The van der Waals surface area contributed by atoms with Gasteiger partial charge in [0.2, 0.25) is 0 Å². The van der Waals surface area contributed by atoms with E-state index in [4.69, 9.17) is 16.3 Å². The Kier molecular flexibility index (Phi) is 4.92. The number of fused-ring (bicyclic) bond motifs is 1. The number of ether oxygens (including phenoxy) is 1. The lowest BCUT2D eigenvalue weighted by atomic mass is 10.1. The highest BCUT2D eigenvalue weighted by atomic mass is 35.5. The lowest BCUT2D eigenvalue weighted by Crippen LogP contribution is -1.98. The normalized spacial score (nSPS) is 12.0. The van der Waals surface area contributed by atoms with Gasteiger partial charge in [-0.3, -0.25) is 4.55 Å². The number of phenols is 2. The first kappa shape index (κ1) is 18.9. The highest BCUT2D eigenvalue weighted by Gasteiger charge is 2.17. The Morgan fingerprint density at radius 3 is 2.37 bits per heavy atom. The topological polar surface area (TPSA) is 129 Å². The van der Waals surface area contributed by atoms with Gasteiger partial charge in [-0.25, -0.2) is 0 Å². The van der Waals surface area contributed by atoms with Gasteiger partial charge in [0.15, 0.2) is 5.75 Å². The lowest BCUT2D eigenvalue weighted by Gasteiger charge is -2.07. The van der Waals surface area contributed by atoms with Gasteiger partial charge in [0.25, 0.3) is 10.1 Å². The number of hydrogen-bond donors (Lipinski definition) is 3. The van der Waals surface area contributed by atoms with Crippen molar-refractivity contribution in [3.63, 3.8) is 0 Å². The van der Waals surface area contributed by atoms with Crippen molar-refractivity contribution in [1.29, 1.82) is 0 Å². The number of hydrogen-bond acceptors (Lipinski definition) is 7. The molecule has 140 valence electrons. The van der Waals surface area contributed by atoms with Crippen LogP contribution in [0.4, 0.5) is 11.4 Å². The molecule has 10 heteroatoms. The predicted octanol–water partition coefficient (Wildman–Crippen LogP) is 4.58. The van der Waals surface area contributed by atoms with Gasteiger partial charge in [0, 0.05) is 22.9 Å². The molecule has 0 spiro atoms. The number of phenolic OH excluding ortho intramolecular Hbond substituents is 2. The van der Waals surface area contributed by atoms with E-state index >= 15 is 0 Å². The fourth-order valence-electron chi connectivity index (χ4n) is 2.48. The summed E-state index contributed by atoms with van der Waals surface area (Å²) in [7, 11) is -3.05. The van der Waals surface area contributed by atoms with E-state index in [2.05, 4.69) is 10.2 Å². The maximum absolute atomic E-state index is 11.5. The SMILES string of the molecule is COc1cc(N=Nc2ccc3c(S(=O)(=O)O)cccc3c2O)c(O)cc1Cl. The largest absolute Gasteiger partial charge is 0.506 e. The van der Waals surface area contributed by atoms with Crippen LogP contribution in [0, 0.1) is 0 Å². The molecule has 3 rings (SSSR count). The van der Waals surface area contributed by atoms with Gasteiger partial charge in [0.05, 0.1) is 12.1 Å². The fourth-order valence-corrected chi connectivity index (χ4v) is 3.43. The minimum absolute atomic E-state index is 0.0308. The maximum Gasteiger partial charge on any atom is 0.295 e. The third kappa shape index (κ3) is 3.65.